The Bertz CT molecular complexity index is 543. The van der Waals surface area contributed by atoms with E-state index < -0.39 is 10.0 Å². The minimum Gasteiger partial charge on any atom is -0.368 e. The summed E-state index contributed by atoms with van der Waals surface area (Å²) in [6.45, 7) is 1.04. The third-order valence-corrected chi connectivity index (χ3v) is 6.33. The Balaban J connectivity index is 2.24. The van der Waals surface area contributed by atoms with Crippen molar-refractivity contribution in [1.82, 2.24) is 4.31 Å². The van der Waals surface area contributed by atoms with Crippen molar-refractivity contribution in [2.45, 2.75) is 30.2 Å². The number of halogens is 1. The number of sulfonamides is 1. The summed E-state index contributed by atoms with van der Waals surface area (Å²) in [5.74, 6) is 0. The first-order valence-corrected chi connectivity index (χ1v) is 9.38. The fraction of sp³-hybridized carbons (Fsp3) is 0.571. The van der Waals surface area contributed by atoms with Gasteiger partial charge >= 0.3 is 0 Å². The third kappa shape index (κ3) is 3.18. The number of rotatable bonds is 4. The Morgan fingerprint density at radius 3 is 2.45 bits per heavy atom. The molecule has 1 unspecified atom stereocenters. The van der Waals surface area contributed by atoms with E-state index in [1.807, 2.05) is 12.1 Å². The Morgan fingerprint density at radius 1 is 1.25 bits per heavy atom. The minimum atomic E-state index is -3.34. The lowest BCUT2D eigenvalue weighted by Crippen LogP contribution is -2.40. The van der Waals surface area contributed by atoms with Gasteiger partial charge in [0.15, 0.2) is 0 Å². The molecule has 1 saturated heterocycles. The van der Waals surface area contributed by atoms with Crippen LogP contribution in [0, 0.1) is 0 Å². The summed E-state index contributed by atoms with van der Waals surface area (Å²) in [5, 5.41) is 0.949. The lowest BCUT2D eigenvalue weighted by molar-refractivity contribution is 0.491. The summed E-state index contributed by atoms with van der Waals surface area (Å²) in [6, 6.07) is 7.73. The van der Waals surface area contributed by atoms with Gasteiger partial charge in [-0.3, -0.25) is 0 Å². The van der Waals surface area contributed by atoms with Crippen LogP contribution >= 0.6 is 15.9 Å². The number of piperidine rings is 1. The molecule has 0 N–H and O–H groups in total. The largest absolute Gasteiger partial charge is 0.368 e. The van der Waals surface area contributed by atoms with Crippen molar-refractivity contribution in [3.63, 3.8) is 0 Å². The van der Waals surface area contributed by atoms with Gasteiger partial charge in [-0.15, -0.1) is 0 Å². The summed E-state index contributed by atoms with van der Waals surface area (Å²) in [4.78, 5) is 2.71. The molecule has 0 aromatic heterocycles. The first kappa shape index (κ1) is 15.8. The van der Waals surface area contributed by atoms with E-state index in [1.54, 1.807) is 26.2 Å². The highest BCUT2D eigenvalue weighted by Crippen LogP contribution is 2.27. The molecule has 112 valence electrons. The summed E-state index contributed by atoms with van der Waals surface area (Å²) >= 11 is 3.57. The van der Waals surface area contributed by atoms with Gasteiger partial charge in [-0.2, -0.15) is 0 Å². The van der Waals surface area contributed by atoms with Crippen LogP contribution in [0.3, 0.4) is 0 Å². The predicted molar refractivity (Wildman–Crippen MR) is 86.1 cm³/mol. The molecule has 0 aliphatic carbocycles. The maximum atomic E-state index is 12.0. The van der Waals surface area contributed by atoms with E-state index in [2.05, 4.69) is 20.8 Å². The van der Waals surface area contributed by atoms with Gasteiger partial charge in [-0.25, -0.2) is 12.7 Å². The number of benzene rings is 1. The highest BCUT2D eigenvalue weighted by molar-refractivity contribution is 9.09. The van der Waals surface area contributed by atoms with E-state index in [4.69, 9.17) is 0 Å². The zero-order valence-electron chi connectivity index (χ0n) is 11.9. The fourth-order valence-corrected chi connectivity index (χ4v) is 4.10. The van der Waals surface area contributed by atoms with E-state index in [9.17, 15) is 8.42 Å². The predicted octanol–water partition coefficient (Wildman–Crippen LogP) is 2.69. The Hall–Kier alpha value is -0.590. The Labute approximate surface area is 129 Å². The second-order valence-electron chi connectivity index (χ2n) is 5.28. The van der Waals surface area contributed by atoms with Crippen LogP contribution in [0.2, 0.25) is 0 Å². The van der Waals surface area contributed by atoms with Gasteiger partial charge in [0.25, 0.3) is 0 Å². The van der Waals surface area contributed by atoms with Crippen molar-refractivity contribution in [3.05, 3.63) is 24.3 Å². The van der Waals surface area contributed by atoms with Crippen molar-refractivity contribution < 1.29 is 8.42 Å². The second-order valence-corrected chi connectivity index (χ2v) is 8.08. The van der Waals surface area contributed by atoms with Gasteiger partial charge < -0.3 is 4.90 Å². The van der Waals surface area contributed by atoms with Crippen LogP contribution in [-0.4, -0.2) is 44.7 Å². The molecule has 1 aromatic rings. The van der Waals surface area contributed by atoms with Crippen LogP contribution in [0.5, 0.6) is 0 Å². The van der Waals surface area contributed by atoms with Crippen LogP contribution in [0.25, 0.3) is 0 Å². The molecule has 0 radical (unpaired) electrons. The molecule has 1 aromatic carbocycles. The summed E-state index contributed by atoms with van der Waals surface area (Å²) < 4.78 is 25.3. The Kier molecular flexibility index (Phi) is 5.09. The molecule has 0 amide bonds. The van der Waals surface area contributed by atoms with Crippen molar-refractivity contribution in [2.24, 2.45) is 0 Å². The van der Waals surface area contributed by atoms with Crippen LogP contribution in [0.15, 0.2) is 29.2 Å². The average Bonchev–Trinajstić information content (AvgIpc) is 2.47. The topological polar surface area (TPSA) is 40.6 Å². The molecule has 1 heterocycles. The molecule has 4 nitrogen and oxygen atoms in total. The molecule has 6 heteroatoms. The highest BCUT2D eigenvalue weighted by atomic mass is 79.9. The molecule has 1 aliphatic heterocycles. The minimum absolute atomic E-state index is 0.346. The maximum absolute atomic E-state index is 12.0. The smallest absolute Gasteiger partial charge is 0.242 e. The fourth-order valence-electron chi connectivity index (χ4n) is 2.52. The molecule has 1 aliphatic rings. The standard InChI is InChI=1S/C14H21BrN2O2S/c1-16(2)20(18,19)14-8-6-12(7-9-14)17-10-4-3-5-13(17)11-15/h6-9,13H,3-5,10-11H2,1-2H3. The molecule has 20 heavy (non-hydrogen) atoms. The molecule has 1 atom stereocenters. The molecular weight excluding hydrogens is 340 g/mol. The first-order valence-electron chi connectivity index (χ1n) is 6.82. The molecule has 0 saturated carbocycles. The quantitative estimate of drug-likeness (QED) is 0.775. The van der Waals surface area contributed by atoms with E-state index in [0.717, 1.165) is 17.6 Å². The van der Waals surface area contributed by atoms with Crippen LogP contribution in [-0.2, 0) is 10.0 Å². The molecule has 2 rings (SSSR count). The monoisotopic (exact) mass is 360 g/mol. The summed E-state index contributed by atoms with van der Waals surface area (Å²) in [5.41, 5.74) is 1.10. The van der Waals surface area contributed by atoms with Crippen LogP contribution < -0.4 is 4.90 Å². The Morgan fingerprint density at radius 2 is 1.90 bits per heavy atom. The van der Waals surface area contributed by atoms with Crippen LogP contribution in [0.1, 0.15) is 19.3 Å². The highest BCUT2D eigenvalue weighted by Gasteiger charge is 2.22. The van der Waals surface area contributed by atoms with E-state index in [1.165, 1.54) is 23.6 Å². The van der Waals surface area contributed by atoms with Gasteiger partial charge in [-0.05, 0) is 43.5 Å². The lowest BCUT2D eigenvalue weighted by Gasteiger charge is -2.36. The zero-order valence-corrected chi connectivity index (χ0v) is 14.3. The van der Waals surface area contributed by atoms with E-state index in [-0.39, 0.29) is 0 Å². The second kappa shape index (κ2) is 6.45. The number of hydrogen-bond donors (Lipinski definition) is 0. The number of nitrogens with zero attached hydrogens (tertiary/aromatic N) is 2. The van der Waals surface area contributed by atoms with Gasteiger partial charge in [0, 0.05) is 37.7 Å². The SMILES string of the molecule is CN(C)S(=O)(=O)c1ccc(N2CCCCC2CBr)cc1. The van der Waals surface area contributed by atoms with Gasteiger partial charge in [0.2, 0.25) is 10.0 Å². The lowest BCUT2D eigenvalue weighted by atomic mass is 10.0. The van der Waals surface area contributed by atoms with Crippen molar-refractivity contribution in [3.8, 4) is 0 Å². The van der Waals surface area contributed by atoms with Crippen molar-refractivity contribution in [1.29, 1.82) is 0 Å². The average molecular weight is 361 g/mol. The molecular formula is C14H21BrN2O2S. The third-order valence-electron chi connectivity index (χ3n) is 3.75. The number of hydrogen-bond acceptors (Lipinski definition) is 3. The van der Waals surface area contributed by atoms with Crippen LogP contribution in [0.4, 0.5) is 5.69 Å². The van der Waals surface area contributed by atoms with E-state index >= 15 is 0 Å². The van der Waals surface area contributed by atoms with Gasteiger partial charge in [0.05, 0.1) is 4.90 Å². The summed E-state index contributed by atoms with van der Waals surface area (Å²) in [6.07, 6.45) is 3.64. The first-order chi connectivity index (χ1) is 9.46. The van der Waals surface area contributed by atoms with Gasteiger partial charge in [-0.1, -0.05) is 15.9 Å². The van der Waals surface area contributed by atoms with Crippen molar-refractivity contribution >= 4 is 31.6 Å². The summed E-state index contributed by atoms with van der Waals surface area (Å²) in [7, 11) is -0.237. The molecule has 1 fully saturated rings. The number of anilines is 1. The maximum Gasteiger partial charge on any atom is 0.242 e. The number of alkyl halides is 1. The van der Waals surface area contributed by atoms with E-state index in [0.29, 0.717) is 10.9 Å². The molecule has 0 bridgehead atoms. The molecule has 0 spiro atoms. The zero-order chi connectivity index (χ0) is 14.8. The van der Waals surface area contributed by atoms with Gasteiger partial charge in [0.1, 0.15) is 0 Å². The van der Waals surface area contributed by atoms with Crippen molar-refractivity contribution in [2.75, 3.05) is 30.9 Å². The normalized spacial score (nSPS) is 20.4.